The van der Waals surface area contributed by atoms with E-state index in [0.717, 1.165) is 5.56 Å². The number of nitrogens with zero attached hydrogens (tertiary/aromatic N) is 3. The second-order valence-electron chi connectivity index (χ2n) is 6.57. The van der Waals surface area contributed by atoms with Gasteiger partial charge in [-0.25, -0.2) is 0 Å². The largest absolute Gasteiger partial charge is 0.493 e. The van der Waals surface area contributed by atoms with Crippen molar-refractivity contribution in [1.29, 1.82) is 0 Å². The molecule has 7 nitrogen and oxygen atoms in total. The Kier molecular flexibility index (Phi) is 7.73. The van der Waals surface area contributed by atoms with Crippen LogP contribution < -0.4 is 14.8 Å². The first-order chi connectivity index (χ1) is 14.6. The van der Waals surface area contributed by atoms with E-state index in [0.29, 0.717) is 29.0 Å². The Morgan fingerprint density at radius 1 is 1.10 bits per heavy atom. The van der Waals surface area contributed by atoms with E-state index in [2.05, 4.69) is 15.5 Å². The van der Waals surface area contributed by atoms with Gasteiger partial charge in [0, 0.05) is 6.54 Å². The topological polar surface area (TPSA) is 78.3 Å². The van der Waals surface area contributed by atoms with E-state index >= 15 is 0 Å². The molecule has 0 saturated heterocycles. The number of amides is 1. The van der Waals surface area contributed by atoms with Crippen LogP contribution in [0.4, 0.5) is 0 Å². The van der Waals surface area contributed by atoms with E-state index in [-0.39, 0.29) is 24.3 Å². The predicted molar refractivity (Wildman–Crippen MR) is 117 cm³/mol. The van der Waals surface area contributed by atoms with Crippen molar-refractivity contribution in [2.75, 3.05) is 12.9 Å². The highest BCUT2D eigenvalue weighted by atomic mass is 32.2. The Balaban J connectivity index is 1.57. The van der Waals surface area contributed by atoms with Crippen LogP contribution in [-0.4, -0.2) is 33.5 Å². The number of para-hydroxylation sites is 2. The second-order valence-corrected chi connectivity index (χ2v) is 7.51. The Morgan fingerprint density at radius 3 is 2.50 bits per heavy atom. The van der Waals surface area contributed by atoms with Crippen molar-refractivity contribution in [2.24, 2.45) is 0 Å². The molecule has 0 fully saturated rings. The van der Waals surface area contributed by atoms with Crippen molar-refractivity contribution in [3.05, 3.63) is 66.0 Å². The molecule has 1 atom stereocenters. The average molecular weight is 427 g/mol. The number of carbonyl (C=O) groups is 1. The summed E-state index contributed by atoms with van der Waals surface area (Å²) in [5, 5.41) is 12.2. The minimum atomic E-state index is -0.0480. The van der Waals surface area contributed by atoms with Gasteiger partial charge in [-0.2, -0.15) is 0 Å². The molecule has 0 aliphatic heterocycles. The van der Waals surface area contributed by atoms with Crippen molar-refractivity contribution in [3.8, 4) is 11.5 Å². The summed E-state index contributed by atoms with van der Waals surface area (Å²) in [6, 6.07) is 17.3. The van der Waals surface area contributed by atoms with E-state index in [4.69, 9.17) is 9.47 Å². The molecule has 1 N–H and O–H groups in total. The van der Waals surface area contributed by atoms with Gasteiger partial charge in [-0.1, -0.05) is 54.2 Å². The molecule has 8 heteroatoms. The van der Waals surface area contributed by atoms with Gasteiger partial charge in [0.15, 0.2) is 22.5 Å². The van der Waals surface area contributed by atoms with Gasteiger partial charge in [0.2, 0.25) is 5.91 Å². The molecule has 1 amide bonds. The number of aromatic nitrogens is 3. The number of carbonyl (C=O) groups excluding carboxylic acids is 1. The van der Waals surface area contributed by atoms with Gasteiger partial charge in [-0.15, -0.1) is 10.2 Å². The smallest absolute Gasteiger partial charge is 0.230 e. The molecular weight excluding hydrogens is 400 g/mol. The van der Waals surface area contributed by atoms with Crippen molar-refractivity contribution in [3.63, 3.8) is 0 Å². The first-order valence-corrected chi connectivity index (χ1v) is 10.8. The monoisotopic (exact) mass is 426 g/mol. The third-order valence-corrected chi connectivity index (χ3v) is 5.51. The highest BCUT2D eigenvalue weighted by Gasteiger charge is 2.15. The van der Waals surface area contributed by atoms with E-state index in [9.17, 15) is 4.79 Å². The van der Waals surface area contributed by atoms with Gasteiger partial charge in [0.25, 0.3) is 0 Å². The SMILES string of the molecule is CCn1c(COc2ccccc2OC)nnc1SCC(=O)N[C@H](C)c1ccccc1. The van der Waals surface area contributed by atoms with Crippen LogP contribution in [0, 0.1) is 0 Å². The van der Waals surface area contributed by atoms with Crippen LogP contribution in [0.5, 0.6) is 11.5 Å². The number of hydrogen-bond donors (Lipinski definition) is 1. The lowest BCUT2D eigenvalue weighted by Crippen LogP contribution is -2.28. The standard InChI is InChI=1S/C22H26N4O3S/c1-4-26-20(14-29-19-13-9-8-12-18(19)28-3)24-25-22(26)30-15-21(27)23-16(2)17-10-6-5-7-11-17/h5-13,16H,4,14-15H2,1-3H3,(H,23,27)/t16-/m1/s1. The molecule has 3 rings (SSSR count). The highest BCUT2D eigenvalue weighted by molar-refractivity contribution is 7.99. The van der Waals surface area contributed by atoms with E-state index < -0.39 is 0 Å². The van der Waals surface area contributed by atoms with Gasteiger partial charge >= 0.3 is 0 Å². The predicted octanol–water partition coefficient (Wildman–Crippen LogP) is 3.86. The lowest BCUT2D eigenvalue weighted by atomic mass is 10.1. The molecular formula is C22H26N4O3S. The minimum absolute atomic E-state index is 0.0474. The zero-order chi connectivity index (χ0) is 21.3. The molecule has 2 aromatic carbocycles. The molecule has 1 heterocycles. The fraction of sp³-hybridized carbons (Fsp3) is 0.318. The summed E-state index contributed by atoms with van der Waals surface area (Å²) < 4.78 is 13.1. The van der Waals surface area contributed by atoms with Crippen LogP contribution in [0.3, 0.4) is 0 Å². The molecule has 0 spiro atoms. The van der Waals surface area contributed by atoms with Crippen LogP contribution in [0.15, 0.2) is 59.8 Å². The molecule has 3 aromatic rings. The lowest BCUT2D eigenvalue weighted by molar-refractivity contribution is -0.119. The number of hydrogen-bond acceptors (Lipinski definition) is 6. The molecule has 0 aliphatic carbocycles. The van der Waals surface area contributed by atoms with E-state index in [1.807, 2.05) is 73.0 Å². The number of nitrogens with one attached hydrogen (secondary N) is 1. The number of ether oxygens (including phenoxy) is 2. The van der Waals surface area contributed by atoms with Crippen LogP contribution in [0.2, 0.25) is 0 Å². The number of rotatable bonds is 10. The molecule has 0 saturated carbocycles. The summed E-state index contributed by atoms with van der Waals surface area (Å²) in [4.78, 5) is 12.4. The Labute approximate surface area is 180 Å². The summed E-state index contributed by atoms with van der Waals surface area (Å²) in [5.74, 6) is 2.23. The Bertz CT molecular complexity index is 962. The number of benzene rings is 2. The molecule has 0 radical (unpaired) electrons. The normalized spacial score (nSPS) is 11.7. The molecule has 30 heavy (non-hydrogen) atoms. The summed E-state index contributed by atoms with van der Waals surface area (Å²) in [7, 11) is 1.61. The Hall–Kier alpha value is -3.00. The van der Waals surface area contributed by atoms with Crippen LogP contribution in [0.1, 0.15) is 31.3 Å². The third-order valence-electron chi connectivity index (χ3n) is 4.54. The summed E-state index contributed by atoms with van der Waals surface area (Å²) in [6.45, 7) is 4.93. The Morgan fingerprint density at radius 2 is 1.80 bits per heavy atom. The van der Waals surface area contributed by atoms with Gasteiger partial charge in [0.1, 0.15) is 6.61 Å². The quantitative estimate of drug-likeness (QED) is 0.496. The van der Waals surface area contributed by atoms with Gasteiger partial charge in [0.05, 0.1) is 18.9 Å². The van der Waals surface area contributed by atoms with E-state index in [1.165, 1.54) is 11.8 Å². The summed E-state index contributed by atoms with van der Waals surface area (Å²) in [5.41, 5.74) is 1.07. The fourth-order valence-corrected chi connectivity index (χ4v) is 3.80. The fourth-order valence-electron chi connectivity index (χ4n) is 2.97. The minimum Gasteiger partial charge on any atom is -0.493 e. The van der Waals surface area contributed by atoms with Crippen molar-refractivity contribution < 1.29 is 14.3 Å². The second kappa shape index (κ2) is 10.7. The highest BCUT2D eigenvalue weighted by Crippen LogP contribution is 2.27. The molecule has 0 aliphatic rings. The molecule has 0 bridgehead atoms. The van der Waals surface area contributed by atoms with Crippen molar-refractivity contribution in [2.45, 2.75) is 38.2 Å². The van der Waals surface area contributed by atoms with Gasteiger partial charge in [-0.3, -0.25) is 4.79 Å². The summed E-state index contributed by atoms with van der Waals surface area (Å²) in [6.07, 6.45) is 0. The first-order valence-electron chi connectivity index (χ1n) is 9.77. The zero-order valence-electron chi connectivity index (χ0n) is 17.4. The van der Waals surface area contributed by atoms with Crippen LogP contribution in [0.25, 0.3) is 0 Å². The molecule has 158 valence electrons. The third kappa shape index (κ3) is 5.54. The average Bonchev–Trinajstić information content (AvgIpc) is 3.18. The molecule has 0 unspecified atom stereocenters. The maximum Gasteiger partial charge on any atom is 0.230 e. The maximum atomic E-state index is 12.4. The number of thioether (sulfide) groups is 1. The van der Waals surface area contributed by atoms with Crippen LogP contribution >= 0.6 is 11.8 Å². The zero-order valence-corrected chi connectivity index (χ0v) is 18.2. The van der Waals surface area contributed by atoms with E-state index in [1.54, 1.807) is 7.11 Å². The maximum absolute atomic E-state index is 12.4. The van der Waals surface area contributed by atoms with Crippen molar-refractivity contribution in [1.82, 2.24) is 20.1 Å². The molecule has 1 aromatic heterocycles. The lowest BCUT2D eigenvalue weighted by Gasteiger charge is -2.14. The van der Waals surface area contributed by atoms with Crippen molar-refractivity contribution >= 4 is 17.7 Å². The van der Waals surface area contributed by atoms with Gasteiger partial charge < -0.3 is 19.4 Å². The number of methoxy groups -OCH3 is 1. The van der Waals surface area contributed by atoms with Gasteiger partial charge in [-0.05, 0) is 31.5 Å². The first kappa shape index (κ1) is 21.7. The summed E-state index contributed by atoms with van der Waals surface area (Å²) >= 11 is 1.36. The van der Waals surface area contributed by atoms with Crippen LogP contribution in [-0.2, 0) is 17.9 Å².